The number of hydrogen-bond donors (Lipinski definition) is 1. The highest BCUT2D eigenvalue weighted by molar-refractivity contribution is 6.32. The van der Waals surface area contributed by atoms with E-state index in [-0.39, 0.29) is 6.03 Å². The number of carbonyl (C=O) groups excluding carboxylic acids is 1. The van der Waals surface area contributed by atoms with Crippen molar-refractivity contribution < 1.29 is 19.0 Å². The Morgan fingerprint density at radius 2 is 1.68 bits per heavy atom. The van der Waals surface area contributed by atoms with Gasteiger partial charge in [-0.15, -0.1) is 0 Å². The molecule has 134 valence electrons. The number of carbonyl (C=O) groups is 1. The predicted molar refractivity (Wildman–Crippen MR) is 98.0 cm³/mol. The molecule has 0 saturated carbocycles. The van der Waals surface area contributed by atoms with Crippen LogP contribution < -0.4 is 19.5 Å². The van der Waals surface area contributed by atoms with Gasteiger partial charge in [0.05, 0.1) is 32.0 Å². The highest BCUT2D eigenvalue weighted by Crippen LogP contribution is 2.36. The second-order valence-corrected chi connectivity index (χ2v) is 5.73. The molecule has 25 heavy (non-hydrogen) atoms. The molecule has 0 heterocycles. The van der Waals surface area contributed by atoms with Crippen molar-refractivity contribution in [3.63, 3.8) is 0 Å². The number of anilines is 1. The van der Waals surface area contributed by atoms with Crippen LogP contribution in [0.1, 0.15) is 5.56 Å². The summed E-state index contributed by atoms with van der Waals surface area (Å²) >= 11 is 6.12. The number of methoxy groups -OCH3 is 3. The van der Waals surface area contributed by atoms with Gasteiger partial charge in [0.1, 0.15) is 17.2 Å². The Balaban J connectivity index is 2.08. The second kappa shape index (κ2) is 8.48. The fraction of sp³-hybridized carbons (Fsp3) is 0.278. The first kappa shape index (κ1) is 18.7. The van der Waals surface area contributed by atoms with Gasteiger partial charge in [0.15, 0.2) is 0 Å². The van der Waals surface area contributed by atoms with E-state index in [2.05, 4.69) is 5.32 Å². The van der Waals surface area contributed by atoms with Gasteiger partial charge in [-0.2, -0.15) is 0 Å². The van der Waals surface area contributed by atoms with E-state index in [1.165, 1.54) is 14.2 Å². The fourth-order valence-corrected chi connectivity index (χ4v) is 2.49. The van der Waals surface area contributed by atoms with Crippen LogP contribution in [0.25, 0.3) is 0 Å². The van der Waals surface area contributed by atoms with Crippen LogP contribution >= 0.6 is 11.6 Å². The van der Waals surface area contributed by atoms with E-state index in [1.807, 2.05) is 24.3 Å². The molecule has 0 radical (unpaired) electrons. The highest BCUT2D eigenvalue weighted by atomic mass is 35.5. The Hall–Kier alpha value is -2.60. The van der Waals surface area contributed by atoms with E-state index in [4.69, 9.17) is 25.8 Å². The van der Waals surface area contributed by atoms with Gasteiger partial charge in [-0.05, 0) is 23.8 Å². The van der Waals surface area contributed by atoms with Crippen molar-refractivity contribution in [1.29, 1.82) is 0 Å². The molecular weight excluding hydrogens is 344 g/mol. The lowest BCUT2D eigenvalue weighted by molar-refractivity contribution is 0.220. The number of nitrogens with one attached hydrogen (secondary N) is 1. The summed E-state index contributed by atoms with van der Waals surface area (Å²) < 4.78 is 15.6. The van der Waals surface area contributed by atoms with E-state index in [1.54, 1.807) is 31.2 Å². The van der Waals surface area contributed by atoms with Crippen molar-refractivity contribution in [3.8, 4) is 17.2 Å². The third-order valence-corrected chi connectivity index (χ3v) is 3.94. The molecule has 0 aliphatic heterocycles. The van der Waals surface area contributed by atoms with Crippen LogP contribution in [0, 0.1) is 0 Å². The zero-order valence-electron chi connectivity index (χ0n) is 14.6. The number of halogens is 1. The van der Waals surface area contributed by atoms with Gasteiger partial charge in [-0.25, -0.2) is 4.79 Å². The van der Waals surface area contributed by atoms with Crippen LogP contribution in [-0.2, 0) is 6.54 Å². The van der Waals surface area contributed by atoms with E-state index in [9.17, 15) is 4.79 Å². The Morgan fingerprint density at radius 1 is 1.04 bits per heavy atom. The van der Waals surface area contributed by atoms with Crippen LogP contribution in [0.5, 0.6) is 17.2 Å². The summed E-state index contributed by atoms with van der Waals surface area (Å²) in [6.07, 6.45) is 0. The molecule has 0 spiro atoms. The maximum Gasteiger partial charge on any atom is 0.321 e. The van der Waals surface area contributed by atoms with E-state index < -0.39 is 0 Å². The third kappa shape index (κ3) is 4.70. The van der Waals surface area contributed by atoms with Crippen LogP contribution in [0.15, 0.2) is 36.4 Å². The van der Waals surface area contributed by atoms with Gasteiger partial charge in [0, 0.05) is 19.7 Å². The molecule has 2 rings (SSSR count). The van der Waals surface area contributed by atoms with Crippen molar-refractivity contribution in [2.24, 2.45) is 0 Å². The van der Waals surface area contributed by atoms with Crippen LogP contribution in [-0.4, -0.2) is 39.3 Å². The molecule has 0 aliphatic rings. The summed E-state index contributed by atoms with van der Waals surface area (Å²) in [5, 5.41) is 3.18. The largest absolute Gasteiger partial charge is 0.497 e. The molecule has 0 atom stereocenters. The first-order valence-electron chi connectivity index (χ1n) is 7.55. The maximum atomic E-state index is 12.4. The van der Waals surface area contributed by atoms with Crippen molar-refractivity contribution >= 4 is 23.3 Å². The second-order valence-electron chi connectivity index (χ2n) is 5.32. The van der Waals surface area contributed by atoms with Crippen LogP contribution in [0.4, 0.5) is 10.5 Å². The summed E-state index contributed by atoms with van der Waals surface area (Å²) in [6, 6.07) is 10.5. The number of benzene rings is 2. The molecular formula is C18H21ClN2O4. The number of amides is 2. The van der Waals surface area contributed by atoms with E-state index in [0.29, 0.717) is 28.8 Å². The first-order chi connectivity index (χ1) is 12.0. The molecule has 0 fully saturated rings. The number of nitrogens with zero attached hydrogens (tertiary/aromatic N) is 1. The van der Waals surface area contributed by atoms with Gasteiger partial charge in [0.25, 0.3) is 0 Å². The molecule has 6 nitrogen and oxygen atoms in total. The lowest BCUT2D eigenvalue weighted by Gasteiger charge is -2.20. The first-order valence-corrected chi connectivity index (χ1v) is 7.92. The molecule has 2 aromatic rings. The molecule has 0 aliphatic carbocycles. The van der Waals surface area contributed by atoms with Crippen molar-refractivity contribution in [2.75, 3.05) is 33.7 Å². The number of urea groups is 1. The molecule has 1 N–H and O–H groups in total. The molecule has 0 bridgehead atoms. The quantitative estimate of drug-likeness (QED) is 0.840. The minimum atomic E-state index is -0.282. The standard InChI is InChI=1S/C18H21ClN2O4/c1-21(11-12-5-7-13(23-2)8-6-12)18(22)20-15-9-14(19)16(24-3)10-17(15)25-4/h5-10H,11H2,1-4H3,(H,20,22). The zero-order chi connectivity index (χ0) is 18.4. The number of rotatable bonds is 6. The van der Waals surface area contributed by atoms with Crippen molar-refractivity contribution in [2.45, 2.75) is 6.54 Å². The molecule has 0 saturated heterocycles. The van der Waals surface area contributed by atoms with Crippen LogP contribution in [0.3, 0.4) is 0 Å². The fourth-order valence-electron chi connectivity index (χ4n) is 2.24. The van der Waals surface area contributed by atoms with Crippen molar-refractivity contribution in [1.82, 2.24) is 4.90 Å². The monoisotopic (exact) mass is 364 g/mol. The minimum Gasteiger partial charge on any atom is -0.497 e. The average molecular weight is 365 g/mol. The molecule has 7 heteroatoms. The topological polar surface area (TPSA) is 60.0 Å². The van der Waals surface area contributed by atoms with Gasteiger partial charge in [0.2, 0.25) is 0 Å². The maximum absolute atomic E-state index is 12.4. The summed E-state index contributed by atoms with van der Waals surface area (Å²) in [5.74, 6) is 1.71. The summed E-state index contributed by atoms with van der Waals surface area (Å²) in [5.41, 5.74) is 1.46. The molecule has 2 amide bonds. The summed E-state index contributed by atoms with van der Waals surface area (Å²) in [6.45, 7) is 0.446. The van der Waals surface area contributed by atoms with Gasteiger partial charge < -0.3 is 24.4 Å². The van der Waals surface area contributed by atoms with Gasteiger partial charge in [-0.3, -0.25) is 0 Å². The molecule has 0 aromatic heterocycles. The van der Waals surface area contributed by atoms with Crippen molar-refractivity contribution in [3.05, 3.63) is 47.0 Å². The Labute approximate surface area is 152 Å². The predicted octanol–water partition coefficient (Wildman–Crippen LogP) is 4.03. The molecule has 0 unspecified atom stereocenters. The smallest absolute Gasteiger partial charge is 0.321 e. The molecule has 2 aromatic carbocycles. The summed E-state index contributed by atoms with van der Waals surface area (Å²) in [7, 11) is 6.35. The van der Waals surface area contributed by atoms with Crippen LogP contribution in [0.2, 0.25) is 5.02 Å². The lowest BCUT2D eigenvalue weighted by atomic mass is 10.2. The normalized spacial score (nSPS) is 10.1. The lowest BCUT2D eigenvalue weighted by Crippen LogP contribution is -2.31. The zero-order valence-corrected chi connectivity index (χ0v) is 15.4. The summed E-state index contributed by atoms with van der Waals surface area (Å²) in [4.78, 5) is 14.0. The minimum absolute atomic E-state index is 0.282. The SMILES string of the molecule is COc1ccc(CN(C)C(=O)Nc2cc(Cl)c(OC)cc2OC)cc1. The number of ether oxygens (including phenoxy) is 3. The Bertz CT molecular complexity index is 735. The third-order valence-electron chi connectivity index (χ3n) is 3.64. The van der Waals surface area contributed by atoms with Gasteiger partial charge in [-0.1, -0.05) is 23.7 Å². The van der Waals surface area contributed by atoms with E-state index >= 15 is 0 Å². The Morgan fingerprint density at radius 3 is 2.24 bits per heavy atom. The highest BCUT2D eigenvalue weighted by Gasteiger charge is 2.15. The number of hydrogen-bond acceptors (Lipinski definition) is 4. The van der Waals surface area contributed by atoms with E-state index in [0.717, 1.165) is 11.3 Å². The Kier molecular flexibility index (Phi) is 6.36. The van der Waals surface area contributed by atoms with Gasteiger partial charge >= 0.3 is 6.03 Å². The average Bonchev–Trinajstić information content (AvgIpc) is 2.62.